The molecule has 0 saturated heterocycles. The summed E-state index contributed by atoms with van der Waals surface area (Å²) in [6, 6.07) is 12.0. The maximum absolute atomic E-state index is 12.7. The Morgan fingerprint density at radius 1 is 1.29 bits per heavy atom. The lowest BCUT2D eigenvalue weighted by Gasteiger charge is -2.26. The maximum atomic E-state index is 12.7. The van der Waals surface area contributed by atoms with E-state index in [4.69, 9.17) is 0 Å². The quantitative estimate of drug-likeness (QED) is 0.845. The summed E-state index contributed by atoms with van der Waals surface area (Å²) in [5.41, 5.74) is 2.68. The number of hydrogen-bond acceptors (Lipinski definition) is 2. The number of benzene rings is 1. The Morgan fingerprint density at radius 3 is 2.48 bits per heavy atom. The summed E-state index contributed by atoms with van der Waals surface area (Å²) >= 11 is 0. The van der Waals surface area contributed by atoms with Gasteiger partial charge in [0.25, 0.3) is 5.91 Å². The van der Waals surface area contributed by atoms with Gasteiger partial charge in [0.2, 0.25) is 0 Å². The predicted octanol–water partition coefficient (Wildman–Crippen LogP) is 3.26. The van der Waals surface area contributed by atoms with Crippen molar-refractivity contribution in [3.05, 3.63) is 53.3 Å². The summed E-state index contributed by atoms with van der Waals surface area (Å²) < 4.78 is 1.86. The van der Waals surface area contributed by atoms with Crippen LogP contribution >= 0.6 is 0 Å². The minimum absolute atomic E-state index is 0.0100. The predicted molar refractivity (Wildman–Crippen MR) is 84.1 cm³/mol. The largest absolute Gasteiger partial charge is 0.331 e. The second kappa shape index (κ2) is 6.57. The highest BCUT2D eigenvalue weighted by Gasteiger charge is 2.22. The number of nitrogens with zero attached hydrogens (tertiary/aromatic N) is 3. The third-order valence-corrected chi connectivity index (χ3v) is 3.58. The third kappa shape index (κ3) is 3.51. The Kier molecular flexibility index (Phi) is 4.78. The zero-order valence-electron chi connectivity index (χ0n) is 13.2. The van der Waals surface area contributed by atoms with Crippen LogP contribution in [0.15, 0.2) is 36.4 Å². The minimum Gasteiger partial charge on any atom is -0.331 e. The topological polar surface area (TPSA) is 38.1 Å². The molecule has 4 heteroatoms. The molecule has 2 rings (SSSR count). The highest BCUT2D eigenvalue weighted by molar-refractivity contribution is 5.92. The Bertz CT molecular complexity index is 602. The van der Waals surface area contributed by atoms with Gasteiger partial charge in [-0.1, -0.05) is 30.3 Å². The first-order valence-electron chi connectivity index (χ1n) is 7.42. The lowest BCUT2D eigenvalue weighted by molar-refractivity contribution is 0.0683. The van der Waals surface area contributed by atoms with Gasteiger partial charge in [-0.3, -0.25) is 9.48 Å². The molecule has 0 fully saturated rings. The Labute approximate surface area is 126 Å². The van der Waals surface area contributed by atoms with Gasteiger partial charge in [0.15, 0.2) is 5.69 Å². The van der Waals surface area contributed by atoms with Crippen molar-refractivity contribution in [1.29, 1.82) is 0 Å². The fourth-order valence-electron chi connectivity index (χ4n) is 2.35. The van der Waals surface area contributed by atoms with Gasteiger partial charge in [-0.05, 0) is 39.3 Å². The molecular weight excluding hydrogens is 262 g/mol. The molecule has 1 aromatic carbocycles. The Balaban J connectivity index is 2.23. The first kappa shape index (κ1) is 15.3. The Hall–Kier alpha value is -2.10. The van der Waals surface area contributed by atoms with Crippen molar-refractivity contribution in [1.82, 2.24) is 14.7 Å². The van der Waals surface area contributed by atoms with E-state index in [1.807, 2.05) is 73.7 Å². The second-order valence-corrected chi connectivity index (χ2v) is 5.50. The monoisotopic (exact) mass is 285 g/mol. The van der Waals surface area contributed by atoms with Crippen molar-refractivity contribution < 1.29 is 4.79 Å². The van der Waals surface area contributed by atoms with Gasteiger partial charge in [0, 0.05) is 24.8 Å². The molecule has 0 N–H and O–H groups in total. The SMILES string of the molecule is CCn1nc(C(=O)N(Cc2ccccc2)C(C)C)cc1C. The zero-order chi connectivity index (χ0) is 15.4. The average molecular weight is 285 g/mol. The number of aryl methyl sites for hydroxylation is 2. The molecule has 21 heavy (non-hydrogen) atoms. The highest BCUT2D eigenvalue weighted by Crippen LogP contribution is 2.13. The van der Waals surface area contributed by atoms with E-state index in [0.29, 0.717) is 12.2 Å². The van der Waals surface area contributed by atoms with Crippen LogP contribution in [-0.2, 0) is 13.1 Å². The summed E-state index contributed by atoms with van der Waals surface area (Å²) in [4.78, 5) is 14.6. The summed E-state index contributed by atoms with van der Waals surface area (Å²) in [6.07, 6.45) is 0. The highest BCUT2D eigenvalue weighted by atomic mass is 16.2. The van der Waals surface area contributed by atoms with Crippen molar-refractivity contribution in [3.63, 3.8) is 0 Å². The minimum atomic E-state index is -0.0100. The molecule has 0 aliphatic carbocycles. The van der Waals surface area contributed by atoms with Gasteiger partial charge in [-0.25, -0.2) is 0 Å². The fourth-order valence-corrected chi connectivity index (χ4v) is 2.35. The lowest BCUT2D eigenvalue weighted by atomic mass is 10.1. The van der Waals surface area contributed by atoms with E-state index in [2.05, 4.69) is 5.10 Å². The van der Waals surface area contributed by atoms with Crippen molar-refractivity contribution in [2.24, 2.45) is 0 Å². The van der Waals surface area contributed by atoms with Crippen molar-refractivity contribution in [3.8, 4) is 0 Å². The molecular formula is C17H23N3O. The van der Waals surface area contributed by atoms with E-state index in [0.717, 1.165) is 17.8 Å². The number of carbonyl (C=O) groups excluding carboxylic acids is 1. The van der Waals surface area contributed by atoms with E-state index in [9.17, 15) is 4.79 Å². The van der Waals surface area contributed by atoms with E-state index in [1.165, 1.54) is 0 Å². The molecule has 112 valence electrons. The molecule has 1 aromatic heterocycles. The normalized spacial score (nSPS) is 10.9. The Morgan fingerprint density at radius 2 is 1.95 bits per heavy atom. The van der Waals surface area contributed by atoms with E-state index >= 15 is 0 Å². The van der Waals surface area contributed by atoms with Crippen LogP contribution in [0.25, 0.3) is 0 Å². The standard InChI is InChI=1S/C17H23N3O/c1-5-20-14(4)11-16(18-20)17(21)19(13(2)3)12-15-9-7-6-8-10-15/h6-11,13H,5,12H2,1-4H3. The van der Waals surface area contributed by atoms with Crippen LogP contribution in [0.3, 0.4) is 0 Å². The van der Waals surface area contributed by atoms with Crippen LogP contribution in [0.1, 0.15) is 42.5 Å². The number of hydrogen-bond donors (Lipinski definition) is 0. The molecule has 0 radical (unpaired) electrons. The van der Waals surface area contributed by atoms with Gasteiger partial charge >= 0.3 is 0 Å². The number of aromatic nitrogens is 2. The van der Waals surface area contributed by atoms with Crippen molar-refractivity contribution in [2.45, 2.75) is 46.8 Å². The van der Waals surface area contributed by atoms with E-state index in [1.54, 1.807) is 0 Å². The van der Waals surface area contributed by atoms with E-state index < -0.39 is 0 Å². The maximum Gasteiger partial charge on any atom is 0.274 e. The first-order chi connectivity index (χ1) is 10.0. The van der Waals surface area contributed by atoms with Gasteiger partial charge < -0.3 is 4.90 Å². The first-order valence-corrected chi connectivity index (χ1v) is 7.42. The lowest BCUT2D eigenvalue weighted by Crippen LogP contribution is -2.36. The van der Waals surface area contributed by atoms with Crippen LogP contribution in [-0.4, -0.2) is 26.6 Å². The van der Waals surface area contributed by atoms with Crippen LogP contribution in [0.2, 0.25) is 0 Å². The molecule has 1 heterocycles. The summed E-state index contributed by atoms with van der Waals surface area (Å²) in [7, 11) is 0. The fraction of sp³-hybridized carbons (Fsp3) is 0.412. The molecule has 0 unspecified atom stereocenters. The summed E-state index contributed by atoms with van der Waals surface area (Å²) in [5.74, 6) is -0.0100. The number of amides is 1. The molecule has 0 aliphatic rings. The molecule has 0 saturated carbocycles. The second-order valence-electron chi connectivity index (χ2n) is 5.50. The van der Waals surface area contributed by atoms with Crippen LogP contribution < -0.4 is 0 Å². The van der Waals surface area contributed by atoms with Gasteiger partial charge in [0.1, 0.15) is 0 Å². The van der Waals surface area contributed by atoms with Gasteiger partial charge in [0.05, 0.1) is 0 Å². The third-order valence-electron chi connectivity index (χ3n) is 3.58. The van der Waals surface area contributed by atoms with Crippen molar-refractivity contribution in [2.75, 3.05) is 0 Å². The summed E-state index contributed by atoms with van der Waals surface area (Å²) in [5, 5.41) is 4.40. The molecule has 0 aliphatic heterocycles. The van der Waals surface area contributed by atoms with Crippen LogP contribution in [0, 0.1) is 6.92 Å². The molecule has 0 spiro atoms. The molecule has 0 bridgehead atoms. The van der Waals surface area contributed by atoms with E-state index in [-0.39, 0.29) is 11.9 Å². The van der Waals surface area contributed by atoms with Crippen LogP contribution in [0.5, 0.6) is 0 Å². The molecule has 1 amide bonds. The number of carbonyl (C=O) groups is 1. The molecule has 2 aromatic rings. The zero-order valence-corrected chi connectivity index (χ0v) is 13.2. The molecule has 4 nitrogen and oxygen atoms in total. The number of rotatable bonds is 5. The van der Waals surface area contributed by atoms with Gasteiger partial charge in [-0.2, -0.15) is 5.10 Å². The summed E-state index contributed by atoms with van der Waals surface area (Å²) in [6.45, 7) is 9.45. The smallest absolute Gasteiger partial charge is 0.274 e. The average Bonchev–Trinajstić information content (AvgIpc) is 2.86. The van der Waals surface area contributed by atoms with Crippen LogP contribution in [0.4, 0.5) is 0 Å². The molecule has 0 atom stereocenters. The van der Waals surface area contributed by atoms with Gasteiger partial charge in [-0.15, -0.1) is 0 Å². The van der Waals surface area contributed by atoms with Crippen molar-refractivity contribution >= 4 is 5.91 Å².